The zero-order valence-corrected chi connectivity index (χ0v) is 13.3. The molecule has 0 spiro atoms. The second-order valence-electron chi connectivity index (χ2n) is 5.11. The Hall–Kier alpha value is -1.54. The van der Waals surface area contributed by atoms with Gasteiger partial charge in [0, 0.05) is 6.07 Å². The quantitative estimate of drug-likeness (QED) is 0.813. The Bertz CT molecular complexity index is 689. The Morgan fingerprint density at radius 2 is 2.05 bits per heavy atom. The Morgan fingerprint density at radius 3 is 2.71 bits per heavy atom. The SMILES string of the molecule is COc1ccc(N2C(=S)NC3CS(=O)(=O)CC32)c(OC)c1. The summed E-state index contributed by atoms with van der Waals surface area (Å²) in [5.41, 5.74) is 0.750. The van der Waals surface area contributed by atoms with Gasteiger partial charge < -0.3 is 19.7 Å². The fourth-order valence-electron chi connectivity index (χ4n) is 2.87. The summed E-state index contributed by atoms with van der Waals surface area (Å²) in [7, 11) is 0.111. The molecule has 0 radical (unpaired) electrons. The van der Waals surface area contributed by atoms with Gasteiger partial charge in [0.1, 0.15) is 11.5 Å². The van der Waals surface area contributed by atoms with Gasteiger partial charge in [-0.05, 0) is 24.4 Å². The molecule has 1 N–H and O–H groups in total. The van der Waals surface area contributed by atoms with Crippen molar-refractivity contribution in [2.45, 2.75) is 12.1 Å². The molecule has 0 saturated carbocycles. The summed E-state index contributed by atoms with van der Waals surface area (Å²) in [6.45, 7) is 0. The van der Waals surface area contributed by atoms with E-state index in [0.717, 1.165) is 5.69 Å². The van der Waals surface area contributed by atoms with Crippen LogP contribution in [0.4, 0.5) is 5.69 Å². The number of fused-ring (bicyclic) bond motifs is 1. The van der Waals surface area contributed by atoms with Crippen LogP contribution in [0.1, 0.15) is 0 Å². The lowest BCUT2D eigenvalue weighted by Crippen LogP contribution is -2.37. The van der Waals surface area contributed by atoms with Crippen molar-refractivity contribution in [3.8, 4) is 11.5 Å². The Morgan fingerprint density at radius 1 is 1.29 bits per heavy atom. The summed E-state index contributed by atoms with van der Waals surface area (Å²) in [5.74, 6) is 1.49. The van der Waals surface area contributed by atoms with E-state index < -0.39 is 9.84 Å². The molecule has 6 nitrogen and oxygen atoms in total. The van der Waals surface area contributed by atoms with Gasteiger partial charge in [0.2, 0.25) is 0 Å². The van der Waals surface area contributed by atoms with Crippen molar-refractivity contribution in [3.63, 3.8) is 0 Å². The molecule has 114 valence electrons. The van der Waals surface area contributed by atoms with Gasteiger partial charge in [0.25, 0.3) is 0 Å². The molecule has 2 heterocycles. The number of ether oxygens (including phenoxy) is 2. The number of methoxy groups -OCH3 is 2. The first kappa shape index (κ1) is 14.4. The number of benzene rings is 1. The van der Waals surface area contributed by atoms with Crippen LogP contribution in [-0.4, -0.2) is 51.3 Å². The van der Waals surface area contributed by atoms with Gasteiger partial charge in [0.05, 0.1) is 43.5 Å². The molecule has 0 bridgehead atoms. The molecule has 2 atom stereocenters. The van der Waals surface area contributed by atoms with Crippen LogP contribution in [0.15, 0.2) is 18.2 Å². The highest BCUT2D eigenvalue weighted by molar-refractivity contribution is 7.91. The Kier molecular flexibility index (Phi) is 3.45. The highest BCUT2D eigenvalue weighted by Gasteiger charge is 2.48. The summed E-state index contributed by atoms with van der Waals surface area (Å²) >= 11 is 5.35. The number of nitrogens with zero attached hydrogens (tertiary/aromatic N) is 1. The van der Waals surface area contributed by atoms with E-state index in [9.17, 15) is 8.42 Å². The molecule has 0 aromatic heterocycles. The first-order valence-corrected chi connectivity index (χ1v) is 8.70. The molecule has 2 unspecified atom stereocenters. The van der Waals surface area contributed by atoms with Gasteiger partial charge in [-0.3, -0.25) is 0 Å². The number of hydrogen-bond acceptors (Lipinski definition) is 5. The maximum atomic E-state index is 11.8. The van der Waals surface area contributed by atoms with Crippen molar-refractivity contribution < 1.29 is 17.9 Å². The Balaban J connectivity index is 2.01. The minimum Gasteiger partial charge on any atom is -0.497 e. The first-order valence-electron chi connectivity index (χ1n) is 6.47. The number of thiocarbonyl (C=S) groups is 1. The van der Waals surface area contributed by atoms with Crippen LogP contribution in [0.3, 0.4) is 0 Å². The van der Waals surface area contributed by atoms with Crippen LogP contribution in [-0.2, 0) is 9.84 Å². The van der Waals surface area contributed by atoms with Crippen molar-refractivity contribution in [1.82, 2.24) is 5.32 Å². The zero-order valence-electron chi connectivity index (χ0n) is 11.7. The highest BCUT2D eigenvalue weighted by atomic mass is 32.2. The molecule has 21 heavy (non-hydrogen) atoms. The predicted octanol–water partition coefficient (Wildman–Crippen LogP) is 0.564. The second kappa shape index (κ2) is 5.03. The molecular weight excluding hydrogens is 312 g/mol. The van der Waals surface area contributed by atoms with E-state index in [1.165, 1.54) is 0 Å². The van der Waals surface area contributed by atoms with Gasteiger partial charge in [-0.15, -0.1) is 0 Å². The fraction of sp³-hybridized carbons (Fsp3) is 0.462. The van der Waals surface area contributed by atoms with Gasteiger partial charge in [-0.1, -0.05) is 0 Å². The molecule has 2 saturated heterocycles. The summed E-state index contributed by atoms with van der Waals surface area (Å²) in [6.07, 6.45) is 0. The van der Waals surface area contributed by atoms with E-state index in [1.807, 2.05) is 11.0 Å². The van der Waals surface area contributed by atoms with E-state index in [2.05, 4.69) is 5.32 Å². The topological polar surface area (TPSA) is 67.9 Å². The minimum absolute atomic E-state index is 0.0972. The lowest BCUT2D eigenvalue weighted by atomic mass is 10.1. The van der Waals surface area contributed by atoms with Crippen molar-refractivity contribution in [1.29, 1.82) is 0 Å². The van der Waals surface area contributed by atoms with E-state index in [4.69, 9.17) is 21.7 Å². The molecule has 2 aliphatic heterocycles. The molecule has 2 aliphatic rings. The third kappa shape index (κ3) is 2.42. The van der Waals surface area contributed by atoms with Crippen LogP contribution in [0.25, 0.3) is 0 Å². The Labute approximate surface area is 128 Å². The number of anilines is 1. The summed E-state index contributed by atoms with van der Waals surface area (Å²) in [5, 5.41) is 3.62. The summed E-state index contributed by atoms with van der Waals surface area (Å²) < 4.78 is 34.2. The maximum Gasteiger partial charge on any atom is 0.174 e. The number of nitrogens with one attached hydrogen (secondary N) is 1. The first-order chi connectivity index (χ1) is 9.95. The van der Waals surface area contributed by atoms with E-state index >= 15 is 0 Å². The van der Waals surface area contributed by atoms with Gasteiger partial charge >= 0.3 is 0 Å². The average Bonchev–Trinajstić information content (AvgIpc) is 2.88. The number of rotatable bonds is 3. The van der Waals surface area contributed by atoms with Crippen molar-refractivity contribution in [2.24, 2.45) is 0 Å². The third-order valence-electron chi connectivity index (χ3n) is 3.83. The van der Waals surface area contributed by atoms with Crippen molar-refractivity contribution >= 4 is 32.9 Å². The fourth-order valence-corrected chi connectivity index (χ4v) is 5.15. The maximum absolute atomic E-state index is 11.8. The highest BCUT2D eigenvalue weighted by Crippen LogP contribution is 2.37. The van der Waals surface area contributed by atoms with Crippen LogP contribution in [0.2, 0.25) is 0 Å². The monoisotopic (exact) mass is 328 g/mol. The largest absolute Gasteiger partial charge is 0.497 e. The minimum atomic E-state index is -3.03. The molecule has 0 amide bonds. The normalized spacial score (nSPS) is 26.4. The number of hydrogen-bond donors (Lipinski definition) is 1. The molecule has 2 fully saturated rings. The molecule has 0 aliphatic carbocycles. The second-order valence-corrected chi connectivity index (χ2v) is 7.65. The predicted molar refractivity (Wildman–Crippen MR) is 84.0 cm³/mol. The van der Waals surface area contributed by atoms with E-state index in [-0.39, 0.29) is 23.6 Å². The third-order valence-corrected chi connectivity index (χ3v) is 5.86. The van der Waals surface area contributed by atoms with Gasteiger partial charge in [0.15, 0.2) is 14.9 Å². The smallest absolute Gasteiger partial charge is 0.174 e. The molecule has 3 rings (SSSR count). The van der Waals surface area contributed by atoms with Crippen molar-refractivity contribution in [2.75, 3.05) is 30.6 Å². The summed E-state index contributed by atoms with van der Waals surface area (Å²) in [6, 6.07) is 5.05. The summed E-state index contributed by atoms with van der Waals surface area (Å²) in [4.78, 5) is 1.84. The van der Waals surface area contributed by atoms with Gasteiger partial charge in [-0.2, -0.15) is 0 Å². The lowest BCUT2D eigenvalue weighted by Gasteiger charge is -2.25. The van der Waals surface area contributed by atoms with Crippen LogP contribution in [0, 0.1) is 0 Å². The average molecular weight is 328 g/mol. The van der Waals surface area contributed by atoms with Gasteiger partial charge in [-0.25, -0.2) is 8.42 Å². The van der Waals surface area contributed by atoms with E-state index in [0.29, 0.717) is 16.6 Å². The number of sulfone groups is 1. The van der Waals surface area contributed by atoms with Crippen LogP contribution in [0.5, 0.6) is 11.5 Å². The zero-order chi connectivity index (χ0) is 15.2. The molecule has 1 aromatic carbocycles. The molecular formula is C13H16N2O4S2. The van der Waals surface area contributed by atoms with E-state index in [1.54, 1.807) is 26.4 Å². The van der Waals surface area contributed by atoms with Crippen LogP contribution >= 0.6 is 12.2 Å². The molecule has 1 aromatic rings. The lowest BCUT2D eigenvalue weighted by molar-refractivity contribution is 0.394. The standard InChI is InChI=1S/C13H16N2O4S2/c1-18-8-3-4-10(12(5-8)19-2)15-11-7-21(16,17)6-9(11)14-13(15)20/h3-5,9,11H,6-7H2,1-2H3,(H,14,20). The van der Waals surface area contributed by atoms with Crippen LogP contribution < -0.4 is 19.7 Å². The molecule has 8 heteroatoms. The van der Waals surface area contributed by atoms with Crippen molar-refractivity contribution in [3.05, 3.63) is 18.2 Å².